The Morgan fingerprint density at radius 3 is 2.93 bits per heavy atom. The van der Waals surface area contributed by atoms with Gasteiger partial charge in [0.25, 0.3) is 0 Å². The quantitative estimate of drug-likeness (QED) is 0.767. The summed E-state index contributed by atoms with van der Waals surface area (Å²) >= 11 is 0. The van der Waals surface area contributed by atoms with Crippen molar-refractivity contribution >= 4 is 6.03 Å². The minimum absolute atomic E-state index is 0.0826. The van der Waals surface area contributed by atoms with Crippen molar-refractivity contribution in [3.63, 3.8) is 0 Å². The number of rotatable bonds is 3. The molecule has 0 spiro atoms. The molecular weight excluding hydrogens is 192 g/mol. The lowest BCUT2D eigenvalue weighted by atomic mass is 10.2. The first kappa shape index (κ1) is 10.0. The Hall–Kier alpha value is -1.52. The number of amides is 2. The summed E-state index contributed by atoms with van der Waals surface area (Å²) in [4.78, 5) is 11.3. The van der Waals surface area contributed by atoms with Gasteiger partial charge < -0.3 is 10.6 Å². The molecule has 2 rings (SSSR count). The summed E-state index contributed by atoms with van der Waals surface area (Å²) in [6.07, 6.45) is 4.01. The number of hydrogen-bond acceptors (Lipinski definition) is 2. The molecule has 0 atom stereocenters. The van der Waals surface area contributed by atoms with E-state index in [4.69, 9.17) is 0 Å². The van der Waals surface area contributed by atoms with Gasteiger partial charge >= 0.3 is 6.03 Å². The number of nitrogens with one attached hydrogen (secondary N) is 2. The summed E-state index contributed by atoms with van der Waals surface area (Å²) in [5.74, 6) is 0. The minimum atomic E-state index is -0.0826. The van der Waals surface area contributed by atoms with Crippen molar-refractivity contribution in [1.29, 1.82) is 0 Å². The number of carbonyl (C=O) groups excluding carboxylic acids is 1. The van der Waals surface area contributed by atoms with E-state index in [1.807, 2.05) is 14.0 Å². The molecular formula is C10H16N4O. The zero-order valence-corrected chi connectivity index (χ0v) is 9.08. The molecule has 0 bridgehead atoms. The maximum absolute atomic E-state index is 11.3. The molecule has 0 radical (unpaired) electrons. The third-order valence-corrected chi connectivity index (χ3v) is 2.69. The molecule has 5 nitrogen and oxygen atoms in total. The second-order valence-corrected chi connectivity index (χ2v) is 3.98. The predicted octanol–water partition coefficient (Wildman–Crippen LogP) is 0.690. The molecule has 2 amide bonds. The number of aryl methyl sites for hydroxylation is 1. The van der Waals surface area contributed by atoms with Crippen LogP contribution in [0.3, 0.4) is 0 Å². The first-order valence-electron chi connectivity index (χ1n) is 5.18. The fourth-order valence-corrected chi connectivity index (χ4v) is 1.36. The normalized spacial score (nSPS) is 15.1. The highest BCUT2D eigenvalue weighted by Gasteiger charge is 2.22. The van der Waals surface area contributed by atoms with Crippen LogP contribution in [0.1, 0.15) is 24.1 Å². The van der Waals surface area contributed by atoms with E-state index >= 15 is 0 Å². The summed E-state index contributed by atoms with van der Waals surface area (Å²) in [5, 5.41) is 9.81. The van der Waals surface area contributed by atoms with Crippen molar-refractivity contribution < 1.29 is 4.79 Å². The van der Waals surface area contributed by atoms with E-state index in [2.05, 4.69) is 15.7 Å². The van der Waals surface area contributed by atoms with Crippen LogP contribution in [0.2, 0.25) is 0 Å². The first-order valence-corrected chi connectivity index (χ1v) is 5.18. The Morgan fingerprint density at radius 1 is 1.67 bits per heavy atom. The summed E-state index contributed by atoms with van der Waals surface area (Å²) in [6, 6.07) is 0.320. The molecule has 1 aliphatic carbocycles. The lowest BCUT2D eigenvalue weighted by Gasteiger charge is -2.05. The highest BCUT2D eigenvalue weighted by atomic mass is 16.2. The number of nitrogens with zero attached hydrogens (tertiary/aromatic N) is 2. The van der Waals surface area contributed by atoms with Crippen molar-refractivity contribution in [1.82, 2.24) is 20.4 Å². The van der Waals surface area contributed by atoms with E-state index < -0.39 is 0 Å². The molecule has 1 fully saturated rings. The average molecular weight is 208 g/mol. The number of urea groups is 1. The Morgan fingerprint density at radius 2 is 2.40 bits per heavy atom. The summed E-state index contributed by atoms with van der Waals surface area (Å²) in [7, 11) is 1.89. The number of aromatic nitrogens is 2. The maximum Gasteiger partial charge on any atom is 0.315 e. The van der Waals surface area contributed by atoms with Gasteiger partial charge in [0.2, 0.25) is 0 Å². The van der Waals surface area contributed by atoms with E-state index in [-0.39, 0.29) is 6.03 Å². The van der Waals surface area contributed by atoms with Gasteiger partial charge in [0.05, 0.1) is 6.20 Å². The second kappa shape index (κ2) is 3.92. The molecule has 1 heterocycles. The van der Waals surface area contributed by atoms with E-state index in [1.165, 1.54) is 0 Å². The predicted molar refractivity (Wildman–Crippen MR) is 56.3 cm³/mol. The van der Waals surface area contributed by atoms with Crippen LogP contribution in [0.15, 0.2) is 6.20 Å². The molecule has 0 aromatic carbocycles. The lowest BCUT2D eigenvalue weighted by Crippen LogP contribution is -2.36. The van der Waals surface area contributed by atoms with Crippen LogP contribution in [0.25, 0.3) is 0 Å². The van der Waals surface area contributed by atoms with Crippen LogP contribution >= 0.6 is 0 Å². The SMILES string of the molecule is Cc1c(CNC(=O)NC2CC2)cnn1C. The van der Waals surface area contributed by atoms with Crippen LogP contribution in [0, 0.1) is 6.92 Å². The average Bonchev–Trinajstić information content (AvgIpc) is 2.95. The van der Waals surface area contributed by atoms with Gasteiger partial charge in [0, 0.05) is 30.9 Å². The molecule has 1 aromatic rings. The Bertz CT molecular complexity index is 367. The molecule has 1 saturated carbocycles. The van der Waals surface area contributed by atoms with Crippen molar-refractivity contribution in [3.05, 3.63) is 17.5 Å². The van der Waals surface area contributed by atoms with Crippen LogP contribution in [-0.2, 0) is 13.6 Å². The molecule has 1 aromatic heterocycles. The van der Waals surface area contributed by atoms with Crippen LogP contribution in [-0.4, -0.2) is 21.9 Å². The molecule has 15 heavy (non-hydrogen) atoms. The van der Waals surface area contributed by atoms with Gasteiger partial charge in [0.15, 0.2) is 0 Å². The van der Waals surface area contributed by atoms with Gasteiger partial charge in [-0.3, -0.25) is 4.68 Å². The molecule has 0 saturated heterocycles. The third-order valence-electron chi connectivity index (χ3n) is 2.69. The Kier molecular flexibility index (Phi) is 2.62. The monoisotopic (exact) mass is 208 g/mol. The van der Waals surface area contributed by atoms with Gasteiger partial charge in [-0.2, -0.15) is 5.10 Å². The van der Waals surface area contributed by atoms with E-state index in [0.717, 1.165) is 24.1 Å². The molecule has 2 N–H and O–H groups in total. The Balaban J connectivity index is 1.81. The zero-order chi connectivity index (χ0) is 10.8. The standard InChI is InChI=1S/C10H16N4O/c1-7-8(6-12-14(7)2)5-11-10(15)13-9-3-4-9/h6,9H,3-5H2,1-2H3,(H2,11,13,15). The molecule has 1 aliphatic rings. The largest absolute Gasteiger partial charge is 0.335 e. The second-order valence-electron chi connectivity index (χ2n) is 3.98. The van der Waals surface area contributed by atoms with E-state index in [9.17, 15) is 4.79 Å². The van der Waals surface area contributed by atoms with Gasteiger partial charge in [0.1, 0.15) is 0 Å². The van der Waals surface area contributed by atoms with Gasteiger partial charge in [-0.1, -0.05) is 0 Å². The highest BCUT2D eigenvalue weighted by molar-refractivity contribution is 5.74. The van der Waals surface area contributed by atoms with Gasteiger partial charge in [-0.25, -0.2) is 4.79 Å². The molecule has 82 valence electrons. The Labute approximate surface area is 88.8 Å². The molecule has 0 aliphatic heterocycles. The number of carbonyl (C=O) groups is 1. The maximum atomic E-state index is 11.3. The fourth-order valence-electron chi connectivity index (χ4n) is 1.36. The fraction of sp³-hybridized carbons (Fsp3) is 0.600. The smallest absolute Gasteiger partial charge is 0.315 e. The van der Waals surface area contributed by atoms with Gasteiger partial charge in [-0.05, 0) is 19.8 Å². The first-order chi connectivity index (χ1) is 7.16. The highest BCUT2D eigenvalue weighted by Crippen LogP contribution is 2.18. The van der Waals surface area contributed by atoms with Crippen LogP contribution < -0.4 is 10.6 Å². The van der Waals surface area contributed by atoms with Crippen LogP contribution in [0.4, 0.5) is 4.79 Å². The van der Waals surface area contributed by atoms with Crippen molar-refractivity contribution in [2.24, 2.45) is 7.05 Å². The van der Waals surface area contributed by atoms with Gasteiger partial charge in [-0.15, -0.1) is 0 Å². The topological polar surface area (TPSA) is 59.0 Å². The van der Waals surface area contributed by atoms with E-state index in [0.29, 0.717) is 12.6 Å². The molecule has 5 heteroatoms. The summed E-state index contributed by atoms with van der Waals surface area (Å²) in [5.41, 5.74) is 2.14. The van der Waals surface area contributed by atoms with Crippen molar-refractivity contribution in [2.45, 2.75) is 32.4 Å². The van der Waals surface area contributed by atoms with Crippen molar-refractivity contribution in [3.8, 4) is 0 Å². The summed E-state index contributed by atoms with van der Waals surface area (Å²) < 4.78 is 1.80. The number of hydrogen-bond donors (Lipinski definition) is 2. The van der Waals surface area contributed by atoms with E-state index in [1.54, 1.807) is 10.9 Å². The zero-order valence-electron chi connectivity index (χ0n) is 9.08. The van der Waals surface area contributed by atoms with Crippen LogP contribution in [0.5, 0.6) is 0 Å². The third kappa shape index (κ3) is 2.49. The molecule has 0 unspecified atom stereocenters. The van der Waals surface area contributed by atoms with Crippen molar-refractivity contribution in [2.75, 3.05) is 0 Å². The lowest BCUT2D eigenvalue weighted by molar-refractivity contribution is 0.240. The minimum Gasteiger partial charge on any atom is -0.335 e. The summed E-state index contributed by atoms with van der Waals surface area (Å²) in [6.45, 7) is 2.53.